The molecule has 3 fully saturated rings. The van der Waals surface area contributed by atoms with E-state index in [1.165, 1.54) is 5.57 Å². The van der Waals surface area contributed by atoms with Crippen LogP contribution in [0.1, 0.15) is 65.2 Å². The standard InChI is InChI=1S/C23H34F2O2/c1-14(11-22(24)25)18-8-9-19-17(5-4-10-23(18,19)3)7-6-16-12-20(26)15(2)21(27)13-16/h6-7,14,18-22,26-27H,2,4-5,8-13H2,1,3H3/b17-7+/t14-,18+,19-,20+,21+,23+/m0/s1. The SMILES string of the molecule is C=C1[C@H](O)CC(=C/C=C2\CCC[C@]3(C)[C@@H]([C@@H](C)CC(F)F)CC[C@@H]23)C[C@H]1O. The first-order valence-electron chi connectivity index (χ1n) is 10.4. The molecule has 152 valence electrons. The number of alkyl halides is 2. The number of fused-ring (bicyclic) bond motifs is 1. The van der Waals surface area contributed by atoms with Crippen LogP contribution in [0.25, 0.3) is 0 Å². The van der Waals surface area contributed by atoms with Crippen LogP contribution in [0.15, 0.2) is 35.5 Å². The van der Waals surface area contributed by atoms with Crippen molar-refractivity contribution in [1.29, 1.82) is 0 Å². The van der Waals surface area contributed by atoms with E-state index >= 15 is 0 Å². The molecule has 0 saturated heterocycles. The van der Waals surface area contributed by atoms with Crippen LogP contribution in [0, 0.1) is 23.2 Å². The van der Waals surface area contributed by atoms with Crippen molar-refractivity contribution in [2.75, 3.05) is 0 Å². The number of halogens is 2. The third kappa shape index (κ3) is 4.22. The molecular formula is C23H34F2O2. The fraction of sp³-hybridized carbons (Fsp3) is 0.739. The van der Waals surface area contributed by atoms with Gasteiger partial charge >= 0.3 is 0 Å². The van der Waals surface area contributed by atoms with Gasteiger partial charge in [0.1, 0.15) is 0 Å². The quantitative estimate of drug-likeness (QED) is 0.640. The summed E-state index contributed by atoms with van der Waals surface area (Å²) in [4.78, 5) is 0. The monoisotopic (exact) mass is 380 g/mol. The van der Waals surface area contributed by atoms with Gasteiger partial charge in [-0.25, -0.2) is 8.78 Å². The highest BCUT2D eigenvalue weighted by molar-refractivity contribution is 5.29. The molecule has 0 amide bonds. The normalized spacial score (nSPS) is 39.7. The molecule has 0 aromatic rings. The molecule has 0 aromatic heterocycles. The van der Waals surface area contributed by atoms with Crippen LogP contribution in [0.4, 0.5) is 8.78 Å². The van der Waals surface area contributed by atoms with Gasteiger partial charge in [0.05, 0.1) is 12.2 Å². The Morgan fingerprint density at radius 1 is 1.19 bits per heavy atom. The molecule has 0 aromatic carbocycles. The highest BCUT2D eigenvalue weighted by Gasteiger charge is 2.50. The molecule has 6 atom stereocenters. The molecule has 3 aliphatic carbocycles. The molecular weight excluding hydrogens is 346 g/mol. The van der Waals surface area contributed by atoms with Crippen molar-refractivity contribution in [1.82, 2.24) is 0 Å². The van der Waals surface area contributed by atoms with E-state index in [2.05, 4.69) is 25.7 Å². The van der Waals surface area contributed by atoms with Crippen molar-refractivity contribution in [2.45, 2.75) is 83.8 Å². The number of hydrogen-bond acceptors (Lipinski definition) is 2. The number of aliphatic hydroxyl groups excluding tert-OH is 2. The predicted molar refractivity (Wildman–Crippen MR) is 105 cm³/mol. The summed E-state index contributed by atoms with van der Waals surface area (Å²) in [5, 5.41) is 20.1. The number of rotatable bonds is 4. The van der Waals surface area contributed by atoms with Gasteiger partial charge in [0, 0.05) is 6.42 Å². The van der Waals surface area contributed by atoms with Crippen LogP contribution < -0.4 is 0 Å². The molecule has 0 heterocycles. The van der Waals surface area contributed by atoms with Gasteiger partial charge in [-0.15, -0.1) is 0 Å². The molecule has 4 heteroatoms. The smallest absolute Gasteiger partial charge is 0.238 e. The summed E-state index contributed by atoms with van der Waals surface area (Å²) >= 11 is 0. The van der Waals surface area contributed by atoms with E-state index in [4.69, 9.17) is 0 Å². The van der Waals surface area contributed by atoms with E-state index in [9.17, 15) is 19.0 Å². The Kier molecular flexibility index (Phi) is 6.27. The second kappa shape index (κ2) is 8.16. The Bertz CT molecular complexity index is 608. The van der Waals surface area contributed by atoms with Crippen LogP contribution in [-0.2, 0) is 0 Å². The molecule has 3 saturated carbocycles. The van der Waals surface area contributed by atoms with E-state index in [1.54, 1.807) is 0 Å². The molecule has 0 spiro atoms. The van der Waals surface area contributed by atoms with Gasteiger partial charge in [0.2, 0.25) is 6.43 Å². The van der Waals surface area contributed by atoms with Crippen LogP contribution in [0.2, 0.25) is 0 Å². The van der Waals surface area contributed by atoms with Crippen LogP contribution in [0.3, 0.4) is 0 Å². The molecule has 3 aliphatic rings. The summed E-state index contributed by atoms with van der Waals surface area (Å²) in [5.74, 6) is 0.906. The lowest BCUT2D eigenvalue weighted by molar-refractivity contribution is 0.0522. The van der Waals surface area contributed by atoms with E-state index in [-0.39, 0.29) is 17.8 Å². The summed E-state index contributed by atoms with van der Waals surface area (Å²) in [6, 6.07) is 0. The fourth-order valence-electron chi connectivity index (χ4n) is 6.08. The summed E-state index contributed by atoms with van der Waals surface area (Å²) in [5.41, 5.74) is 3.12. The van der Waals surface area contributed by atoms with E-state index in [1.807, 2.05) is 6.92 Å². The van der Waals surface area contributed by atoms with Crippen molar-refractivity contribution >= 4 is 0 Å². The van der Waals surface area contributed by atoms with Crippen LogP contribution >= 0.6 is 0 Å². The molecule has 0 bridgehead atoms. The van der Waals surface area contributed by atoms with Crippen LogP contribution in [-0.4, -0.2) is 28.8 Å². The van der Waals surface area contributed by atoms with Crippen molar-refractivity contribution in [3.8, 4) is 0 Å². The van der Waals surface area contributed by atoms with Crippen LogP contribution in [0.5, 0.6) is 0 Å². The van der Waals surface area contributed by atoms with Gasteiger partial charge in [0.15, 0.2) is 0 Å². The molecule has 3 rings (SSSR count). The van der Waals surface area contributed by atoms with E-state index < -0.39 is 18.6 Å². The maximum absolute atomic E-state index is 12.9. The fourth-order valence-corrected chi connectivity index (χ4v) is 6.08. The van der Waals surface area contributed by atoms with Crippen molar-refractivity contribution in [3.05, 3.63) is 35.5 Å². The summed E-state index contributed by atoms with van der Waals surface area (Å²) in [6.07, 6.45) is 7.25. The largest absolute Gasteiger partial charge is 0.388 e. The van der Waals surface area contributed by atoms with E-state index in [0.29, 0.717) is 30.3 Å². The second-order valence-corrected chi connectivity index (χ2v) is 9.28. The first kappa shape index (κ1) is 20.7. The first-order valence-corrected chi connectivity index (χ1v) is 10.4. The van der Waals surface area contributed by atoms with Gasteiger partial charge < -0.3 is 10.2 Å². The summed E-state index contributed by atoms with van der Waals surface area (Å²) < 4.78 is 25.8. The minimum atomic E-state index is -2.22. The number of hydrogen-bond donors (Lipinski definition) is 2. The number of aliphatic hydroxyl groups is 2. The third-order valence-electron chi connectivity index (χ3n) is 7.57. The lowest BCUT2D eigenvalue weighted by Gasteiger charge is -2.44. The van der Waals surface area contributed by atoms with E-state index in [0.717, 1.165) is 37.7 Å². The molecule has 2 N–H and O–H groups in total. The van der Waals surface area contributed by atoms with Crippen molar-refractivity contribution in [2.24, 2.45) is 23.2 Å². The Morgan fingerprint density at radius 3 is 2.48 bits per heavy atom. The molecule has 0 radical (unpaired) electrons. The lowest BCUT2D eigenvalue weighted by Crippen LogP contribution is -2.36. The molecule has 2 nitrogen and oxygen atoms in total. The van der Waals surface area contributed by atoms with Gasteiger partial charge in [-0.05, 0) is 73.7 Å². The predicted octanol–water partition coefficient (Wildman–Crippen LogP) is 5.42. The zero-order valence-electron chi connectivity index (χ0n) is 16.6. The maximum Gasteiger partial charge on any atom is 0.238 e. The lowest BCUT2D eigenvalue weighted by atomic mass is 9.61. The summed E-state index contributed by atoms with van der Waals surface area (Å²) in [6.45, 7) is 8.08. The maximum atomic E-state index is 12.9. The van der Waals surface area contributed by atoms with Gasteiger partial charge in [-0.3, -0.25) is 0 Å². The minimum absolute atomic E-state index is 0.00966. The zero-order valence-corrected chi connectivity index (χ0v) is 16.6. The highest BCUT2D eigenvalue weighted by atomic mass is 19.3. The zero-order chi connectivity index (χ0) is 19.8. The molecule has 0 aliphatic heterocycles. The van der Waals surface area contributed by atoms with Crippen molar-refractivity contribution < 1.29 is 19.0 Å². The molecule has 0 unspecified atom stereocenters. The second-order valence-electron chi connectivity index (χ2n) is 9.28. The third-order valence-corrected chi connectivity index (χ3v) is 7.57. The molecule has 27 heavy (non-hydrogen) atoms. The topological polar surface area (TPSA) is 40.5 Å². The number of allylic oxidation sites excluding steroid dienone is 3. The Labute approximate surface area is 162 Å². The average Bonchev–Trinajstić information content (AvgIpc) is 2.94. The Hall–Kier alpha value is -1.00. The van der Waals surface area contributed by atoms with Crippen molar-refractivity contribution in [3.63, 3.8) is 0 Å². The highest BCUT2D eigenvalue weighted by Crippen LogP contribution is 2.59. The Morgan fingerprint density at radius 2 is 1.85 bits per heavy atom. The van der Waals surface area contributed by atoms with Gasteiger partial charge in [-0.1, -0.05) is 43.7 Å². The Balaban J connectivity index is 1.76. The average molecular weight is 381 g/mol. The van der Waals surface area contributed by atoms with Gasteiger partial charge in [-0.2, -0.15) is 0 Å². The minimum Gasteiger partial charge on any atom is -0.388 e. The first-order chi connectivity index (χ1) is 12.7. The van der Waals surface area contributed by atoms with Gasteiger partial charge in [0.25, 0.3) is 0 Å². The summed E-state index contributed by atoms with van der Waals surface area (Å²) in [7, 11) is 0.